The van der Waals surface area contributed by atoms with Gasteiger partial charge in [0.1, 0.15) is 29.3 Å². The Labute approximate surface area is 362 Å². The number of nitriles is 1. The molecule has 5 aromatic rings. The van der Waals surface area contributed by atoms with E-state index in [2.05, 4.69) is 26.3 Å². The van der Waals surface area contributed by atoms with E-state index in [1.54, 1.807) is 28.1 Å². The Bertz CT molecular complexity index is 2310. The molecule has 0 saturated carbocycles. The Morgan fingerprint density at radius 3 is 2.10 bits per heavy atom. The van der Waals surface area contributed by atoms with Crippen LogP contribution in [0.5, 0.6) is 11.5 Å². The Morgan fingerprint density at radius 2 is 1.56 bits per heavy atom. The second kappa shape index (κ2) is 19.8. The number of nitrogens with one attached hydrogen (secondary N) is 2. The third kappa shape index (κ3) is 9.53. The number of H-pyrrole nitrogens is 1. The molecule has 0 bridgehead atoms. The van der Waals surface area contributed by atoms with E-state index in [1.807, 2.05) is 111 Å². The van der Waals surface area contributed by atoms with E-state index >= 15 is 4.39 Å². The molecule has 3 aromatic carbocycles. The van der Waals surface area contributed by atoms with Gasteiger partial charge in [-0.05, 0) is 75.6 Å². The number of aromatic amines is 1. The first-order chi connectivity index (χ1) is 29.7. The van der Waals surface area contributed by atoms with Crippen molar-refractivity contribution in [3.05, 3.63) is 112 Å². The normalized spacial score (nSPS) is 19.7. The number of methoxy groups -OCH3 is 2. The van der Waals surface area contributed by atoms with Crippen LogP contribution < -0.4 is 20.3 Å². The van der Waals surface area contributed by atoms with E-state index in [0.717, 1.165) is 16.7 Å². The number of carbonyl (C=O) groups excluding carboxylic acids is 1. The number of aromatic nitrogens is 4. The summed E-state index contributed by atoms with van der Waals surface area (Å²) in [5.41, 5.74) is -2.12. The highest BCUT2D eigenvalue weighted by molar-refractivity contribution is 7.44. The predicted octanol–water partition coefficient (Wildman–Crippen LogP) is 8.03. The Balaban J connectivity index is 1.50. The van der Waals surface area contributed by atoms with Crippen LogP contribution in [0.2, 0.25) is 0 Å². The van der Waals surface area contributed by atoms with Crippen LogP contribution in [0.4, 0.5) is 10.3 Å². The van der Waals surface area contributed by atoms with E-state index in [-0.39, 0.29) is 54.7 Å². The van der Waals surface area contributed by atoms with Crippen LogP contribution in [0, 0.1) is 17.2 Å². The number of fused-ring (bicyclic) bond motifs is 1. The van der Waals surface area contributed by atoms with Crippen molar-refractivity contribution in [3.63, 3.8) is 0 Å². The van der Waals surface area contributed by atoms with Crippen LogP contribution in [-0.4, -0.2) is 87.5 Å². The fraction of sp³-hybridized carbons (Fsp3) is 0.444. The van der Waals surface area contributed by atoms with Gasteiger partial charge in [0.15, 0.2) is 23.1 Å². The molecular weight excluding hydrogens is 817 g/mol. The standard InChI is InChI=1S/C45H55FN7O8P/c1-28(2)40(54)50-43-49-39-37(41(55)51-43)48-27-52(39)42-44(7,46)38(61-62(59-25-13-24-47)53(29(3)4)30(5)6)36(60-42)26-58-45(31-14-11-10-12-15-31,32-16-20-34(56-8)21-17-32)33-18-22-35(57-9)23-19-33/h10-12,14-23,27-30,36,38,42H,13,25-26H2,1-9H3,(H2,49,50,51,54,55)/t36-,38-,42-,44+,62?/m1/s1. The van der Waals surface area contributed by atoms with Crippen molar-refractivity contribution in [2.24, 2.45) is 5.92 Å². The lowest BCUT2D eigenvalue weighted by molar-refractivity contribution is -0.118. The summed E-state index contributed by atoms with van der Waals surface area (Å²) < 4.78 is 59.8. The Kier molecular flexibility index (Phi) is 14.8. The van der Waals surface area contributed by atoms with Crippen molar-refractivity contribution in [2.75, 3.05) is 32.8 Å². The molecule has 330 valence electrons. The fourth-order valence-corrected chi connectivity index (χ4v) is 9.44. The van der Waals surface area contributed by atoms with Gasteiger partial charge in [0, 0.05) is 18.0 Å². The van der Waals surface area contributed by atoms with Gasteiger partial charge in [-0.1, -0.05) is 68.4 Å². The van der Waals surface area contributed by atoms with Gasteiger partial charge in [-0.2, -0.15) is 10.2 Å². The second-order valence-electron chi connectivity index (χ2n) is 15.9. The summed E-state index contributed by atoms with van der Waals surface area (Å²) in [6, 6.07) is 26.7. The first kappa shape index (κ1) is 46.2. The van der Waals surface area contributed by atoms with Crippen molar-refractivity contribution in [2.45, 2.75) is 96.7 Å². The number of rotatable bonds is 19. The van der Waals surface area contributed by atoms with Crippen molar-refractivity contribution < 1.29 is 37.2 Å². The van der Waals surface area contributed by atoms with Crippen LogP contribution in [0.15, 0.2) is 90.0 Å². The van der Waals surface area contributed by atoms with Crippen LogP contribution in [-0.2, 0) is 28.9 Å². The maximum atomic E-state index is 18.3. The van der Waals surface area contributed by atoms with Crippen molar-refractivity contribution >= 4 is 31.5 Å². The number of alkyl halides is 1. The number of ether oxygens (including phenoxy) is 4. The first-order valence-corrected chi connectivity index (χ1v) is 21.6. The number of hydrogen-bond acceptors (Lipinski definition) is 12. The lowest BCUT2D eigenvalue weighted by Gasteiger charge is -2.40. The van der Waals surface area contributed by atoms with Gasteiger partial charge < -0.3 is 28.0 Å². The van der Waals surface area contributed by atoms with Gasteiger partial charge in [0.25, 0.3) is 14.1 Å². The van der Waals surface area contributed by atoms with E-state index in [0.29, 0.717) is 11.5 Å². The number of anilines is 1. The van der Waals surface area contributed by atoms with E-state index in [4.69, 9.17) is 28.0 Å². The summed E-state index contributed by atoms with van der Waals surface area (Å²) in [7, 11) is 1.20. The molecule has 1 unspecified atom stereocenters. The molecule has 1 aliphatic heterocycles. The molecule has 2 N–H and O–H groups in total. The average molecular weight is 872 g/mol. The maximum absolute atomic E-state index is 18.3. The third-order valence-electron chi connectivity index (χ3n) is 10.6. The Morgan fingerprint density at radius 1 is 0.984 bits per heavy atom. The van der Waals surface area contributed by atoms with Crippen molar-refractivity contribution in [1.82, 2.24) is 24.2 Å². The fourth-order valence-electron chi connectivity index (χ4n) is 7.60. The summed E-state index contributed by atoms with van der Waals surface area (Å²) in [6.07, 6.45) is -2.58. The minimum absolute atomic E-state index is 0.0179. The van der Waals surface area contributed by atoms with Gasteiger partial charge in [-0.15, -0.1) is 0 Å². The van der Waals surface area contributed by atoms with Gasteiger partial charge in [0.2, 0.25) is 11.9 Å². The molecular formula is C45H55FN7O8P. The molecule has 0 spiro atoms. The topological polar surface area (TPSA) is 175 Å². The highest BCUT2D eigenvalue weighted by atomic mass is 31.2. The van der Waals surface area contributed by atoms with Gasteiger partial charge >= 0.3 is 0 Å². The zero-order valence-electron chi connectivity index (χ0n) is 36.5. The van der Waals surface area contributed by atoms with Gasteiger partial charge in [0.05, 0.1) is 46.3 Å². The predicted molar refractivity (Wildman–Crippen MR) is 233 cm³/mol. The summed E-state index contributed by atoms with van der Waals surface area (Å²) in [4.78, 5) is 37.3. The van der Waals surface area contributed by atoms with Crippen LogP contribution in [0.1, 0.15) is 77.8 Å². The zero-order chi connectivity index (χ0) is 44.8. The SMILES string of the molecule is COc1ccc(C(OC[C@H]2O[C@@H](n3cnc4c(=O)[nH]c(NC(=O)C(C)C)nc43)[C@@](C)(F)[C@@H]2OP(OCCC#N)N(C(C)C)C(C)C)(c2ccccc2)c2ccc(OC)cc2)cc1. The van der Waals surface area contributed by atoms with Gasteiger partial charge in [-0.3, -0.25) is 24.5 Å². The second-order valence-corrected chi connectivity index (χ2v) is 17.4. The number of halogens is 1. The smallest absolute Gasteiger partial charge is 0.280 e. The molecule has 62 heavy (non-hydrogen) atoms. The number of benzene rings is 3. The molecule has 17 heteroatoms. The van der Waals surface area contributed by atoms with Crippen molar-refractivity contribution in [3.8, 4) is 17.6 Å². The van der Waals surface area contributed by atoms with Crippen LogP contribution in [0.25, 0.3) is 11.2 Å². The monoisotopic (exact) mass is 871 g/mol. The summed E-state index contributed by atoms with van der Waals surface area (Å²) in [5, 5.41) is 12.0. The number of amides is 1. The lowest BCUT2D eigenvalue weighted by Crippen LogP contribution is -2.45. The number of imidazole rings is 1. The minimum atomic E-state index is -2.36. The number of nitrogens with zero attached hydrogens (tertiary/aromatic N) is 5. The third-order valence-corrected chi connectivity index (χ3v) is 12.7. The van der Waals surface area contributed by atoms with Gasteiger partial charge in [-0.25, -0.2) is 14.0 Å². The summed E-state index contributed by atoms with van der Waals surface area (Å²) >= 11 is 0. The molecule has 2 aromatic heterocycles. The quantitative estimate of drug-likeness (QED) is 0.0465. The Hall–Kier alpha value is -5.27. The number of carbonyl (C=O) groups is 1. The highest BCUT2D eigenvalue weighted by Gasteiger charge is 2.59. The highest BCUT2D eigenvalue weighted by Crippen LogP contribution is 2.54. The van der Waals surface area contributed by atoms with Crippen LogP contribution >= 0.6 is 8.53 Å². The molecule has 15 nitrogen and oxygen atoms in total. The van der Waals surface area contributed by atoms with E-state index in [9.17, 15) is 14.9 Å². The maximum Gasteiger partial charge on any atom is 0.280 e. The first-order valence-electron chi connectivity index (χ1n) is 20.5. The summed E-state index contributed by atoms with van der Waals surface area (Å²) in [6.45, 7) is 12.5. The van der Waals surface area contributed by atoms with E-state index < -0.39 is 49.7 Å². The molecule has 1 fully saturated rings. The average Bonchev–Trinajstić information content (AvgIpc) is 3.78. The molecule has 1 aliphatic rings. The lowest BCUT2D eigenvalue weighted by atomic mass is 9.80. The van der Waals surface area contributed by atoms with E-state index in [1.165, 1.54) is 17.8 Å². The molecule has 5 atom stereocenters. The number of hydrogen-bond donors (Lipinski definition) is 2. The molecule has 3 heterocycles. The minimum Gasteiger partial charge on any atom is -0.497 e. The molecule has 1 saturated heterocycles. The van der Waals surface area contributed by atoms with Crippen LogP contribution in [0.3, 0.4) is 0 Å². The molecule has 6 rings (SSSR count). The molecule has 0 aliphatic carbocycles. The summed E-state index contributed by atoms with van der Waals surface area (Å²) in [5.74, 6) is 0.375. The molecule has 1 amide bonds. The van der Waals surface area contributed by atoms with Crippen molar-refractivity contribution in [1.29, 1.82) is 5.26 Å². The largest absolute Gasteiger partial charge is 0.497 e. The zero-order valence-corrected chi connectivity index (χ0v) is 37.4. The molecule has 0 radical (unpaired) electrons.